The SMILES string of the molecule is CC(N)CC(C)(C)C(=O)OI. The molecule has 66 valence electrons. The molecular weight excluding hydrogens is 257 g/mol. The molecule has 1 atom stereocenters. The minimum atomic E-state index is -0.463. The molecule has 0 saturated heterocycles. The van der Waals surface area contributed by atoms with Crippen LogP contribution in [0.5, 0.6) is 0 Å². The Bertz CT molecular complexity index is 145. The van der Waals surface area contributed by atoms with Crippen molar-refractivity contribution >= 4 is 29.0 Å². The summed E-state index contributed by atoms with van der Waals surface area (Å²) >= 11 is 1.60. The van der Waals surface area contributed by atoms with Crippen molar-refractivity contribution in [1.29, 1.82) is 0 Å². The third kappa shape index (κ3) is 3.91. The maximum Gasteiger partial charge on any atom is 0.320 e. The van der Waals surface area contributed by atoms with Gasteiger partial charge in [-0.15, -0.1) is 0 Å². The van der Waals surface area contributed by atoms with Crippen molar-refractivity contribution in [2.24, 2.45) is 11.1 Å². The van der Waals surface area contributed by atoms with Crippen LogP contribution in [0.2, 0.25) is 0 Å². The van der Waals surface area contributed by atoms with Crippen molar-refractivity contribution in [3.05, 3.63) is 0 Å². The summed E-state index contributed by atoms with van der Waals surface area (Å²) in [5.41, 5.74) is 5.10. The first kappa shape index (κ1) is 11.2. The van der Waals surface area contributed by atoms with E-state index in [-0.39, 0.29) is 12.0 Å². The van der Waals surface area contributed by atoms with Crippen LogP contribution in [0.3, 0.4) is 0 Å². The summed E-state index contributed by atoms with van der Waals surface area (Å²) in [4.78, 5) is 11.1. The smallest absolute Gasteiger partial charge is 0.320 e. The Labute approximate surface area is 81.4 Å². The molecule has 0 spiro atoms. The molecule has 0 rings (SSSR count). The summed E-state index contributed by atoms with van der Waals surface area (Å²) in [7, 11) is 0. The van der Waals surface area contributed by atoms with E-state index >= 15 is 0 Å². The lowest BCUT2D eigenvalue weighted by Crippen LogP contribution is -2.31. The van der Waals surface area contributed by atoms with Crippen LogP contribution in [0.15, 0.2) is 0 Å². The molecule has 11 heavy (non-hydrogen) atoms. The van der Waals surface area contributed by atoms with Crippen LogP contribution in [0.1, 0.15) is 27.2 Å². The minimum Gasteiger partial charge on any atom is -0.394 e. The molecule has 3 nitrogen and oxygen atoms in total. The Balaban J connectivity index is 4.09. The van der Waals surface area contributed by atoms with Gasteiger partial charge in [0.25, 0.3) is 0 Å². The van der Waals surface area contributed by atoms with Gasteiger partial charge < -0.3 is 8.80 Å². The van der Waals surface area contributed by atoms with Crippen LogP contribution in [0.4, 0.5) is 0 Å². The van der Waals surface area contributed by atoms with Gasteiger partial charge in [-0.25, -0.2) is 0 Å². The van der Waals surface area contributed by atoms with Crippen LogP contribution in [-0.4, -0.2) is 12.0 Å². The van der Waals surface area contributed by atoms with Crippen molar-refractivity contribution < 1.29 is 7.86 Å². The summed E-state index contributed by atoms with van der Waals surface area (Å²) in [6, 6.07) is 0.0282. The Kier molecular flexibility index (Phi) is 4.31. The van der Waals surface area contributed by atoms with Crippen LogP contribution in [0, 0.1) is 5.41 Å². The molecule has 0 heterocycles. The van der Waals surface area contributed by atoms with E-state index < -0.39 is 5.41 Å². The van der Waals surface area contributed by atoms with Gasteiger partial charge in [0, 0.05) is 6.04 Å². The second kappa shape index (κ2) is 4.25. The van der Waals surface area contributed by atoms with E-state index in [2.05, 4.69) is 3.07 Å². The van der Waals surface area contributed by atoms with Crippen molar-refractivity contribution in [3.63, 3.8) is 0 Å². The highest BCUT2D eigenvalue weighted by Gasteiger charge is 2.29. The predicted molar refractivity (Wildman–Crippen MR) is 52.2 cm³/mol. The molecule has 0 aromatic rings. The quantitative estimate of drug-likeness (QED) is 0.794. The first-order valence-corrected chi connectivity index (χ1v) is 4.37. The van der Waals surface area contributed by atoms with Gasteiger partial charge in [0.1, 0.15) is 0 Å². The second-order valence-electron chi connectivity index (χ2n) is 3.43. The molecule has 0 aliphatic carbocycles. The maximum absolute atomic E-state index is 11.1. The Morgan fingerprint density at radius 2 is 2.18 bits per heavy atom. The summed E-state index contributed by atoms with van der Waals surface area (Å²) in [5.74, 6) is -0.213. The van der Waals surface area contributed by atoms with Crippen LogP contribution < -0.4 is 5.73 Å². The van der Waals surface area contributed by atoms with Gasteiger partial charge in [0.15, 0.2) is 23.0 Å². The molecule has 0 fully saturated rings. The predicted octanol–water partition coefficient (Wildman–Crippen LogP) is 1.64. The van der Waals surface area contributed by atoms with Crippen molar-refractivity contribution in [2.45, 2.75) is 33.2 Å². The standard InChI is InChI=1S/C7H14INO2/c1-5(9)4-7(2,3)6(10)11-8/h5H,4,9H2,1-3H3. The van der Waals surface area contributed by atoms with E-state index in [4.69, 9.17) is 5.73 Å². The Morgan fingerprint density at radius 3 is 2.45 bits per heavy atom. The van der Waals surface area contributed by atoms with Gasteiger partial charge in [-0.3, -0.25) is 4.79 Å². The third-order valence-corrected chi connectivity index (χ3v) is 1.85. The number of carbonyl (C=O) groups is 1. The number of hydrogen-bond acceptors (Lipinski definition) is 3. The average Bonchev–Trinajstić information content (AvgIpc) is 1.83. The summed E-state index contributed by atoms with van der Waals surface area (Å²) < 4.78 is 4.59. The van der Waals surface area contributed by atoms with E-state index in [1.165, 1.54) is 0 Å². The lowest BCUT2D eigenvalue weighted by Gasteiger charge is -2.22. The molecule has 0 aromatic carbocycles. The topological polar surface area (TPSA) is 52.3 Å². The fourth-order valence-corrected chi connectivity index (χ4v) is 1.59. The molecule has 1 unspecified atom stereocenters. The normalized spacial score (nSPS) is 14.3. The highest BCUT2D eigenvalue weighted by Crippen LogP contribution is 2.24. The second-order valence-corrected chi connectivity index (χ2v) is 3.87. The molecule has 0 amide bonds. The van der Waals surface area contributed by atoms with Crippen LogP contribution >= 0.6 is 23.0 Å². The number of nitrogens with two attached hydrogens (primary N) is 1. The zero-order chi connectivity index (χ0) is 9.07. The van der Waals surface area contributed by atoms with Crippen molar-refractivity contribution in [2.75, 3.05) is 0 Å². The average molecular weight is 271 g/mol. The zero-order valence-electron chi connectivity index (χ0n) is 7.06. The first-order chi connectivity index (χ1) is 4.90. The largest absolute Gasteiger partial charge is 0.394 e. The first-order valence-electron chi connectivity index (χ1n) is 3.49. The summed E-state index contributed by atoms with van der Waals surface area (Å²) in [6.07, 6.45) is 0.648. The molecule has 0 radical (unpaired) electrons. The highest BCUT2D eigenvalue weighted by molar-refractivity contribution is 14.1. The number of halogens is 1. The zero-order valence-corrected chi connectivity index (χ0v) is 9.21. The van der Waals surface area contributed by atoms with E-state index in [9.17, 15) is 4.79 Å². The van der Waals surface area contributed by atoms with Gasteiger partial charge in [0.2, 0.25) is 0 Å². The molecule has 2 N–H and O–H groups in total. The Morgan fingerprint density at radius 1 is 1.73 bits per heavy atom. The van der Waals surface area contributed by atoms with E-state index in [0.29, 0.717) is 6.42 Å². The van der Waals surface area contributed by atoms with E-state index in [1.54, 1.807) is 23.0 Å². The number of rotatable bonds is 3. The highest BCUT2D eigenvalue weighted by atomic mass is 127. The lowest BCUT2D eigenvalue weighted by atomic mass is 9.87. The molecule has 0 aromatic heterocycles. The van der Waals surface area contributed by atoms with E-state index in [1.807, 2.05) is 20.8 Å². The molecule has 4 heteroatoms. The lowest BCUT2D eigenvalue weighted by molar-refractivity contribution is -0.141. The molecule has 0 aliphatic rings. The van der Waals surface area contributed by atoms with Crippen molar-refractivity contribution in [3.8, 4) is 0 Å². The van der Waals surface area contributed by atoms with Gasteiger partial charge in [-0.1, -0.05) is 0 Å². The summed E-state index contributed by atoms with van der Waals surface area (Å²) in [6.45, 7) is 5.54. The van der Waals surface area contributed by atoms with Crippen LogP contribution in [-0.2, 0) is 7.86 Å². The van der Waals surface area contributed by atoms with Gasteiger partial charge >= 0.3 is 5.97 Å². The maximum atomic E-state index is 11.1. The monoisotopic (exact) mass is 271 g/mol. The van der Waals surface area contributed by atoms with Crippen LogP contribution in [0.25, 0.3) is 0 Å². The summed E-state index contributed by atoms with van der Waals surface area (Å²) in [5, 5.41) is 0. The fourth-order valence-electron chi connectivity index (χ4n) is 0.993. The van der Waals surface area contributed by atoms with Gasteiger partial charge in [-0.2, -0.15) is 0 Å². The fraction of sp³-hybridized carbons (Fsp3) is 0.857. The third-order valence-electron chi connectivity index (χ3n) is 1.45. The number of hydrogen-bond donors (Lipinski definition) is 1. The number of carbonyl (C=O) groups excluding carboxylic acids is 1. The van der Waals surface area contributed by atoms with Gasteiger partial charge in [0.05, 0.1) is 5.41 Å². The minimum absolute atomic E-state index is 0.0282. The Hall–Kier alpha value is 0.160. The molecular formula is C7H14INO2. The molecule has 0 saturated carbocycles. The molecule has 0 aliphatic heterocycles. The van der Waals surface area contributed by atoms with Gasteiger partial charge in [-0.05, 0) is 27.2 Å². The molecule has 0 bridgehead atoms. The van der Waals surface area contributed by atoms with E-state index in [0.717, 1.165) is 0 Å². The van der Waals surface area contributed by atoms with Crippen molar-refractivity contribution in [1.82, 2.24) is 0 Å².